The van der Waals surface area contributed by atoms with Crippen LogP contribution < -0.4 is 11.0 Å². The molecule has 0 spiro atoms. The van der Waals surface area contributed by atoms with Crippen molar-refractivity contribution in [3.63, 3.8) is 0 Å². The summed E-state index contributed by atoms with van der Waals surface area (Å²) in [6.07, 6.45) is 29.5. The SMILES string of the molecule is C.C.C.C.C.C.C.C.C.C.C.CC1=COCN1C.CNc1ncc(C)n1C.COC1=CN(C)[C@H](C)C(OC)=C1.C[C@@H]1C=CC(C2CC2)CN1C.C[C@H]1C=CC(F)=CN1C.Cc1c[nH]c(=O)n1C.Cc1cc(C)n(C)c1.Cc1cc(C)n(C)n1.Cc1cn(C)c(C)n1.Cc1cnc(C)n1C.[C-]#[N+]c1cc(C)n(C)c1. The first kappa shape index (κ1) is 120. The molecular formula is C85H163FN18O4. The van der Waals surface area contributed by atoms with Crippen LogP contribution in [0.4, 0.5) is 16.0 Å². The van der Waals surface area contributed by atoms with Crippen molar-refractivity contribution < 1.29 is 18.6 Å². The van der Waals surface area contributed by atoms with Gasteiger partial charge in [0.05, 0.1) is 44.4 Å². The number of aryl methyl sites for hydroxylation is 15. The van der Waals surface area contributed by atoms with Crippen LogP contribution in [0.2, 0.25) is 0 Å². The van der Waals surface area contributed by atoms with Gasteiger partial charge in [-0.25, -0.2) is 29.0 Å². The van der Waals surface area contributed by atoms with Crippen molar-refractivity contribution in [3.8, 4) is 0 Å². The number of anilines is 1. The maximum Gasteiger partial charge on any atom is 0.325 e. The fourth-order valence-corrected chi connectivity index (χ4v) is 9.11. The summed E-state index contributed by atoms with van der Waals surface area (Å²) >= 11 is 0. The predicted octanol–water partition coefficient (Wildman–Crippen LogP) is 20.1. The molecule has 11 heterocycles. The van der Waals surface area contributed by atoms with E-state index in [9.17, 15) is 9.18 Å². The average molecular weight is 1520 g/mol. The second-order valence-electron chi connectivity index (χ2n) is 25.2. The summed E-state index contributed by atoms with van der Waals surface area (Å²) in [5, 5.41) is 7.10. The first-order valence-corrected chi connectivity index (χ1v) is 32.7. The zero-order valence-electron chi connectivity index (χ0n) is 64.2. The van der Waals surface area contributed by atoms with Crippen LogP contribution in [0.1, 0.15) is 185 Å². The molecular weight excluding hydrogens is 1360 g/mol. The van der Waals surface area contributed by atoms with Gasteiger partial charge in [0.1, 0.15) is 35.3 Å². The number of H-pyrrole nitrogens is 1. The van der Waals surface area contributed by atoms with E-state index >= 15 is 0 Å². The average Bonchev–Trinajstić information content (AvgIpc) is 1.24. The van der Waals surface area contributed by atoms with Crippen molar-refractivity contribution in [2.45, 2.75) is 217 Å². The van der Waals surface area contributed by atoms with Crippen molar-refractivity contribution in [3.05, 3.63) is 212 Å². The van der Waals surface area contributed by atoms with Crippen molar-refractivity contribution in [2.75, 3.05) is 68.1 Å². The topological polar surface area (TPSA) is 176 Å². The Labute approximate surface area is 661 Å². The smallest absolute Gasteiger partial charge is 0.325 e. The minimum atomic E-state index is -0.171. The highest BCUT2D eigenvalue weighted by atomic mass is 19.1. The van der Waals surface area contributed by atoms with E-state index in [4.69, 9.17) is 20.8 Å². The lowest BCUT2D eigenvalue weighted by atomic mass is 9.97. The Kier molecular flexibility index (Phi) is 66.4. The lowest BCUT2D eigenvalue weighted by Crippen LogP contribution is -2.35. The number of ether oxygens (including phenoxy) is 3. The minimum Gasteiger partial charge on any atom is -0.499 e. The number of allylic oxidation sites excluding steroid dienone is 4. The number of aromatic amines is 1. The molecule has 0 aromatic carbocycles. The second-order valence-corrected chi connectivity index (χ2v) is 25.2. The number of halogens is 1. The fourth-order valence-electron chi connectivity index (χ4n) is 9.11. The summed E-state index contributed by atoms with van der Waals surface area (Å²) in [6.45, 7) is 39.2. The highest BCUT2D eigenvalue weighted by molar-refractivity contribution is 5.44. The second kappa shape index (κ2) is 59.8. The molecule has 108 heavy (non-hydrogen) atoms. The summed E-state index contributed by atoms with van der Waals surface area (Å²) in [5.74, 6) is 6.54. The third-order valence-electron chi connectivity index (χ3n) is 17.2. The number of rotatable bonds is 4. The maximum atomic E-state index is 12.3. The molecule has 5 aliphatic rings. The lowest BCUT2D eigenvalue weighted by Gasteiger charge is -2.30. The Morgan fingerprint density at radius 1 is 0.602 bits per heavy atom. The Bertz CT molecular complexity index is 3570. The molecule has 0 saturated heterocycles. The maximum absolute atomic E-state index is 12.3. The van der Waals surface area contributed by atoms with Gasteiger partial charge in [0.25, 0.3) is 0 Å². The zero-order valence-corrected chi connectivity index (χ0v) is 64.2. The Hall–Kier alpha value is -9.17. The van der Waals surface area contributed by atoms with Crippen LogP contribution in [0.3, 0.4) is 0 Å². The quantitative estimate of drug-likeness (QED) is 0.126. The van der Waals surface area contributed by atoms with Gasteiger partial charge in [-0.05, 0) is 165 Å². The summed E-state index contributed by atoms with van der Waals surface area (Å²) in [6, 6.07) is 7.36. The number of hydrogen-bond donors (Lipinski definition) is 2. The molecule has 22 nitrogen and oxygen atoms in total. The standard InChI is InChI=1S/C10H17N.C9H15NO2.C7H10FN.C7H8N2.C7H11N.C6H11N3.3C6H10N2.C5H8N2O.C5H9NO.11CH4/c1-8-3-4-10(7-11(8)2)9-5-6-9;1-7-9(12-4)5-8(11-3)6-10(7)2;1-6-3-4-7(8)5-9(6)2;1-6-4-7(8-2)5-9(6)3;1-6-4-7(2)8(3)5-6;1-5-4-8-6(7-2)9(5)3;1-5-4-8(3)6(2)7-5;1-5-4-7-6(2)8(5)3;1-5-4-6(2)8(3)7-5;1-4-3-6-5(8)7(4)2;1-5-3-7-4-6(5)2;;;;;;;;;;;/h3-4,8-10H,5-7H2,1-2H3;5-7H,1-4H3;3-6H,1-2H3;4-5H,1,3H3;4-5H,1-3H3;4H,1-3H3,(H,7,8);3*4H,1-3H3;3H,1-2H3,(H,6,8);3H,4H2,1-2H3;11*1H4/t8-,10?;7-;6-;;;;;;;;;;;;;;;;;;;/m110.................../s1. The van der Waals surface area contributed by atoms with Crippen molar-refractivity contribution in [1.82, 2.24) is 76.7 Å². The Balaban J connectivity index is -0.000000121. The minimum absolute atomic E-state index is 0. The van der Waals surface area contributed by atoms with Crippen molar-refractivity contribution >= 4 is 11.6 Å². The monoisotopic (exact) mass is 1520 g/mol. The van der Waals surface area contributed by atoms with E-state index in [1.165, 1.54) is 65.7 Å². The lowest BCUT2D eigenvalue weighted by molar-refractivity contribution is 0.187. The molecule has 4 atom stereocenters. The molecule has 1 aliphatic carbocycles. The summed E-state index contributed by atoms with van der Waals surface area (Å²) < 4.78 is 41.1. The normalized spacial score (nSPS) is 15.2. The number of likely N-dealkylation sites (N-methyl/N-ethyl adjacent to an activating group) is 3. The molecule has 0 radical (unpaired) electrons. The van der Waals surface area contributed by atoms with Gasteiger partial charge in [0.15, 0.2) is 6.73 Å². The summed E-state index contributed by atoms with van der Waals surface area (Å²) in [5.41, 5.74) is 12.4. The van der Waals surface area contributed by atoms with Gasteiger partial charge in [0.2, 0.25) is 11.6 Å². The molecule has 624 valence electrons. The van der Waals surface area contributed by atoms with Crippen molar-refractivity contribution in [1.29, 1.82) is 0 Å². The van der Waals surface area contributed by atoms with Gasteiger partial charge in [-0.1, -0.05) is 99.9 Å². The number of aromatic nitrogens is 12. The van der Waals surface area contributed by atoms with Crippen LogP contribution in [0.5, 0.6) is 0 Å². The third kappa shape index (κ3) is 42.4. The number of imidazole rings is 4. The molecule has 1 unspecified atom stereocenters. The molecule has 12 rings (SSSR count). The Morgan fingerprint density at radius 3 is 1.40 bits per heavy atom. The van der Waals surface area contributed by atoms with Gasteiger partial charge < -0.3 is 62.0 Å². The van der Waals surface area contributed by atoms with Gasteiger partial charge in [-0.15, -0.1) is 0 Å². The van der Waals surface area contributed by atoms with Crippen LogP contribution in [0, 0.1) is 94.6 Å². The highest BCUT2D eigenvalue weighted by Crippen LogP contribution is 2.39. The van der Waals surface area contributed by atoms with E-state index in [1.54, 1.807) is 38.3 Å². The van der Waals surface area contributed by atoms with Crippen molar-refractivity contribution in [2.24, 2.45) is 61.2 Å². The largest absolute Gasteiger partial charge is 0.499 e. The van der Waals surface area contributed by atoms with E-state index in [1.807, 2.05) is 217 Å². The number of hydrogen-bond acceptors (Lipinski definition) is 13. The number of nitrogens with zero attached hydrogens (tertiary/aromatic N) is 16. The van der Waals surface area contributed by atoms with Gasteiger partial charge in [-0.2, -0.15) is 5.10 Å². The molecule has 0 bridgehead atoms. The van der Waals surface area contributed by atoms with E-state index in [0.717, 1.165) is 69.4 Å². The van der Waals surface area contributed by atoms with Gasteiger partial charge >= 0.3 is 5.69 Å². The third-order valence-corrected chi connectivity index (χ3v) is 17.2. The Morgan fingerprint density at radius 2 is 1.16 bits per heavy atom. The summed E-state index contributed by atoms with van der Waals surface area (Å²) in [4.78, 5) is 37.1. The first-order valence-electron chi connectivity index (χ1n) is 32.7. The van der Waals surface area contributed by atoms with Crippen LogP contribution in [-0.4, -0.2) is 158 Å². The van der Waals surface area contributed by atoms with Crippen LogP contribution >= 0.6 is 0 Å². The molecule has 2 N–H and O–H groups in total. The molecule has 7 aromatic heterocycles. The van der Waals surface area contributed by atoms with Gasteiger partial charge in [0, 0.05) is 185 Å². The molecule has 7 aromatic rings. The first-order chi connectivity index (χ1) is 45.5. The van der Waals surface area contributed by atoms with Crippen LogP contribution in [-0.2, 0) is 63.5 Å². The van der Waals surface area contributed by atoms with E-state index in [0.29, 0.717) is 18.8 Å². The number of methoxy groups -OCH3 is 2. The van der Waals surface area contributed by atoms with E-state index in [2.05, 4.69) is 126 Å². The van der Waals surface area contributed by atoms with E-state index < -0.39 is 0 Å². The van der Waals surface area contributed by atoms with E-state index in [-0.39, 0.29) is 99.3 Å². The summed E-state index contributed by atoms with van der Waals surface area (Å²) in [7, 11) is 26.9. The molecule has 23 heteroatoms. The molecule has 1 fully saturated rings. The fraction of sp³-hybridized carbons (Fsp3) is 0.576. The highest BCUT2D eigenvalue weighted by Gasteiger charge is 2.32. The zero-order chi connectivity index (χ0) is 73.6. The molecule has 4 aliphatic heterocycles. The van der Waals surface area contributed by atoms with Crippen LogP contribution in [0.15, 0.2) is 132 Å². The molecule has 1 saturated carbocycles. The predicted molar refractivity (Wildman–Crippen MR) is 470 cm³/mol. The molecule has 0 amide bonds. The number of nitrogens with one attached hydrogen (secondary N) is 2. The van der Waals surface area contributed by atoms with Gasteiger partial charge in [-0.3, -0.25) is 14.1 Å². The van der Waals surface area contributed by atoms with Crippen LogP contribution in [0.25, 0.3) is 4.85 Å².